The molecule has 0 heterocycles. The average molecular weight is 278 g/mol. The van der Waals surface area contributed by atoms with E-state index in [1.807, 2.05) is 0 Å². The van der Waals surface area contributed by atoms with Gasteiger partial charge in [-0.2, -0.15) is 0 Å². The van der Waals surface area contributed by atoms with Crippen LogP contribution in [0.15, 0.2) is 24.3 Å². The van der Waals surface area contributed by atoms with E-state index in [4.69, 9.17) is 0 Å². The van der Waals surface area contributed by atoms with Crippen LogP contribution in [0.1, 0.15) is 50.5 Å². The molecule has 20 heavy (non-hydrogen) atoms. The Bertz CT molecular complexity index is 411. The van der Waals surface area contributed by atoms with E-state index >= 15 is 0 Å². The van der Waals surface area contributed by atoms with Gasteiger partial charge in [-0.1, -0.05) is 44.2 Å². The van der Waals surface area contributed by atoms with Crippen LogP contribution in [0.3, 0.4) is 0 Å². The second-order valence-electron chi connectivity index (χ2n) is 5.50. The van der Waals surface area contributed by atoms with Crippen LogP contribution < -0.4 is 10.6 Å². The molecule has 0 radical (unpaired) electrons. The third-order valence-electron chi connectivity index (χ3n) is 3.81. The lowest BCUT2D eigenvalue weighted by Crippen LogP contribution is -2.42. The Balaban J connectivity index is 1.72. The Hall–Kier alpha value is -1.58. The molecule has 2 amide bonds. The number of nitrogens with one attached hydrogen (secondary N) is 2. The SMILES string of the molecule is O=C(NCc1ccc(F)cc1)NC1CCCCCCC1. The van der Waals surface area contributed by atoms with Crippen molar-refractivity contribution in [2.24, 2.45) is 0 Å². The molecule has 1 fully saturated rings. The molecule has 0 aliphatic heterocycles. The van der Waals surface area contributed by atoms with Gasteiger partial charge in [0, 0.05) is 12.6 Å². The van der Waals surface area contributed by atoms with Gasteiger partial charge in [0.1, 0.15) is 5.82 Å². The molecule has 3 nitrogen and oxygen atoms in total. The zero-order valence-corrected chi connectivity index (χ0v) is 11.8. The number of hydrogen-bond acceptors (Lipinski definition) is 1. The van der Waals surface area contributed by atoms with Crippen LogP contribution in [-0.4, -0.2) is 12.1 Å². The van der Waals surface area contributed by atoms with Crippen LogP contribution >= 0.6 is 0 Å². The van der Waals surface area contributed by atoms with E-state index in [1.54, 1.807) is 12.1 Å². The van der Waals surface area contributed by atoms with Crippen molar-refractivity contribution < 1.29 is 9.18 Å². The monoisotopic (exact) mass is 278 g/mol. The minimum atomic E-state index is -0.257. The Morgan fingerprint density at radius 2 is 1.65 bits per heavy atom. The fourth-order valence-electron chi connectivity index (χ4n) is 2.62. The highest BCUT2D eigenvalue weighted by Crippen LogP contribution is 2.16. The van der Waals surface area contributed by atoms with Crippen LogP contribution in [0.2, 0.25) is 0 Å². The molecule has 0 atom stereocenters. The van der Waals surface area contributed by atoms with Crippen molar-refractivity contribution in [2.75, 3.05) is 0 Å². The minimum absolute atomic E-state index is 0.125. The Morgan fingerprint density at radius 1 is 1.05 bits per heavy atom. The van der Waals surface area contributed by atoms with E-state index in [9.17, 15) is 9.18 Å². The van der Waals surface area contributed by atoms with Crippen molar-refractivity contribution in [3.8, 4) is 0 Å². The second-order valence-corrected chi connectivity index (χ2v) is 5.50. The highest BCUT2D eigenvalue weighted by atomic mass is 19.1. The van der Waals surface area contributed by atoms with Crippen molar-refractivity contribution in [3.63, 3.8) is 0 Å². The van der Waals surface area contributed by atoms with Crippen LogP contribution in [0.5, 0.6) is 0 Å². The van der Waals surface area contributed by atoms with Crippen LogP contribution in [-0.2, 0) is 6.54 Å². The summed E-state index contributed by atoms with van der Waals surface area (Å²) in [6.45, 7) is 0.429. The number of carbonyl (C=O) groups is 1. The summed E-state index contributed by atoms with van der Waals surface area (Å²) in [6, 6.07) is 6.35. The number of benzene rings is 1. The first-order valence-corrected chi connectivity index (χ1v) is 7.53. The summed E-state index contributed by atoms with van der Waals surface area (Å²) < 4.78 is 12.8. The highest BCUT2D eigenvalue weighted by molar-refractivity contribution is 5.74. The first kappa shape index (κ1) is 14.8. The van der Waals surface area contributed by atoms with Crippen molar-refractivity contribution in [1.82, 2.24) is 10.6 Å². The molecule has 110 valence electrons. The number of amides is 2. The van der Waals surface area contributed by atoms with Gasteiger partial charge in [0.2, 0.25) is 0 Å². The van der Waals surface area contributed by atoms with E-state index < -0.39 is 0 Å². The summed E-state index contributed by atoms with van der Waals surface area (Å²) in [6.07, 6.45) is 8.41. The van der Waals surface area contributed by atoms with Gasteiger partial charge < -0.3 is 10.6 Å². The van der Waals surface area contributed by atoms with E-state index in [0.717, 1.165) is 18.4 Å². The molecule has 0 bridgehead atoms. The lowest BCUT2D eigenvalue weighted by Gasteiger charge is -2.21. The molecule has 0 saturated heterocycles. The molecule has 0 unspecified atom stereocenters. The number of urea groups is 1. The fourth-order valence-corrected chi connectivity index (χ4v) is 2.62. The molecule has 2 N–H and O–H groups in total. The number of halogens is 1. The van der Waals surface area contributed by atoms with Gasteiger partial charge in [-0.3, -0.25) is 0 Å². The summed E-state index contributed by atoms with van der Waals surface area (Å²) in [7, 11) is 0. The smallest absolute Gasteiger partial charge is 0.315 e. The van der Waals surface area contributed by atoms with Crippen LogP contribution in [0.25, 0.3) is 0 Å². The summed E-state index contributed by atoms with van der Waals surface area (Å²) in [5.41, 5.74) is 0.902. The Labute approximate surface area is 120 Å². The predicted molar refractivity (Wildman–Crippen MR) is 77.9 cm³/mol. The van der Waals surface area contributed by atoms with Gasteiger partial charge in [0.05, 0.1) is 0 Å². The maximum atomic E-state index is 12.8. The predicted octanol–water partition coefficient (Wildman–Crippen LogP) is 3.74. The first-order valence-electron chi connectivity index (χ1n) is 7.53. The molecule has 1 aliphatic rings. The van der Waals surface area contributed by atoms with Gasteiger partial charge in [-0.15, -0.1) is 0 Å². The summed E-state index contributed by atoms with van der Waals surface area (Å²) in [5, 5.41) is 5.87. The third kappa shape index (κ3) is 5.19. The third-order valence-corrected chi connectivity index (χ3v) is 3.81. The molecule has 0 aromatic heterocycles. The quantitative estimate of drug-likeness (QED) is 0.869. The van der Waals surface area contributed by atoms with Crippen molar-refractivity contribution >= 4 is 6.03 Å². The van der Waals surface area contributed by atoms with Crippen molar-refractivity contribution in [3.05, 3.63) is 35.6 Å². The lowest BCUT2D eigenvalue weighted by molar-refractivity contribution is 0.233. The molecule has 1 saturated carbocycles. The largest absolute Gasteiger partial charge is 0.335 e. The zero-order valence-electron chi connectivity index (χ0n) is 11.8. The van der Waals surface area contributed by atoms with Crippen molar-refractivity contribution in [2.45, 2.75) is 57.5 Å². The van der Waals surface area contributed by atoms with E-state index in [-0.39, 0.29) is 11.8 Å². The molecular weight excluding hydrogens is 255 g/mol. The summed E-state index contributed by atoms with van der Waals surface area (Å²) in [5.74, 6) is -0.257. The Morgan fingerprint density at radius 3 is 2.30 bits per heavy atom. The molecule has 1 aromatic rings. The molecule has 4 heteroatoms. The summed E-state index contributed by atoms with van der Waals surface area (Å²) in [4.78, 5) is 11.9. The van der Waals surface area contributed by atoms with Crippen LogP contribution in [0, 0.1) is 5.82 Å². The van der Waals surface area contributed by atoms with Crippen molar-refractivity contribution in [1.29, 1.82) is 0 Å². The maximum Gasteiger partial charge on any atom is 0.315 e. The maximum absolute atomic E-state index is 12.8. The number of carbonyl (C=O) groups excluding carboxylic acids is 1. The molecular formula is C16H23FN2O. The standard InChI is InChI=1S/C16H23FN2O/c17-14-10-8-13(9-11-14)12-18-16(20)19-15-6-4-2-1-3-5-7-15/h8-11,15H,1-7,12H2,(H2,18,19,20). The van der Waals surface area contributed by atoms with E-state index in [1.165, 1.54) is 44.2 Å². The minimum Gasteiger partial charge on any atom is -0.335 e. The zero-order chi connectivity index (χ0) is 14.2. The number of hydrogen-bond donors (Lipinski definition) is 2. The fraction of sp³-hybridized carbons (Fsp3) is 0.562. The first-order chi connectivity index (χ1) is 9.74. The molecule has 2 rings (SSSR count). The van der Waals surface area contributed by atoms with Gasteiger partial charge in [0.15, 0.2) is 0 Å². The van der Waals surface area contributed by atoms with Crippen LogP contribution in [0.4, 0.5) is 9.18 Å². The molecule has 0 spiro atoms. The van der Waals surface area contributed by atoms with E-state index in [0.29, 0.717) is 12.6 Å². The van der Waals surface area contributed by atoms with Gasteiger partial charge in [-0.25, -0.2) is 9.18 Å². The molecule has 1 aromatic carbocycles. The van der Waals surface area contributed by atoms with E-state index in [2.05, 4.69) is 10.6 Å². The lowest BCUT2D eigenvalue weighted by atomic mass is 9.97. The normalized spacial score (nSPS) is 17.1. The van der Waals surface area contributed by atoms with Gasteiger partial charge in [-0.05, 0) is 30.5 Å². The highest BCUT2D eigenvalue weighted by Gasteiger charge is 2.13. The number of rotatable bonds is 3. The Kier molecular flexibility index (Phi) is 5.84. The molecule has 1 aliphatic carbocycles. The second kappa shape index (κ2) is 7.88. The van der Waals surface area contributed by atoms with Gasteiger partial charge in [0.25, 0.3) is 0 Å². The van der Waals surface area contributed by atoms with Gasteiger partial charge >= 0.3 is 6.03 Å². The topological polar surface area (TPSA) is 41.1 Å². The summed E-state index contributed by atoms with van der Waals surface area (Å²) >= 11 is 0. The average Bonchev–Trinajstić information content (AvgIpc) is 2.41.